The lowest BCUT2D eigenvalue weighted by Gasteiger charge is -2.17. The van der Waals surface area contributed by atoms with Crippen molar-refractivity contribution in [2.75, 3.05) is 0 Å². The maximum Gasteiger partial charge on any atom is 0.135 e. The second-order valence-electron chi connectivity index (χ2n) is 8.15. The second kappa shape index (κ2) is 8.23. The van der Waals surface area contributed by atoms with Crippen LogP contribution in [0.15, 0.2) is 83.3 Å². The Hall–Kier alpha value is -3.65. The molecule has 0 aliphatic rings. The zero-order chi connectivity index (χ0) is 23.4. The fraction of sp³-hybridized carbons (Fsp3) is 0. The predicted octanol–water partition coefficient (Wildman–Crippen LogP) is 8.69. The van der Waals surface area contributed by atoms with E-state index >= 15 is 0 Å². The van der Waals surface area contributed by atoms with Crippen molar-refractivity contribution < 1.29 is 4.74 Å². The third-order valence-electron chi connectivity index (χ3n) is 6.18. The summed E-state index contributed by atoms with van der Waals surface area (Å²) in [5, 5.41) is 0. The maximum atomic E-state index is 5.82. The fourth-order valence-electron chi connectivity index (χ4n) is 4.47. The molecule has 7 rings (SSSR count). The number of thiazole rings is 3. The molecule has 0 aliphatic heterocycles. The van der Waals surface area contributed by atoms with Gasteiger partial charge in [0.2, 0.25) is 0 Å². The molecule has 167 valence electrons. The normalized spacial score (nSPS) is 11.6. The molecule has 0 saturated heterocycles. The van der Waals surface area contributed by atoms with Crippen molar-refractivity contribution in [3.8, 4) is 39.1 Å². The summed E-state index contributed by atoms with van der Waals surface area (Å²) in [6.07, 6.45) is 0. The molecule has 0 aliphatic carbocycles. The summed E-state index contributed by atoms with van der Waals surface area (Å²) in [7, 11) is 3.83. The van der Waals surface area contributed by atoms with E-state index in [1.807, 2.05) is 16.5 Å². The van der Waals surface area contributed by atoms with Crippen molar-refractivity contribution in [3.63, 3.8) is 0 Å². The number of aromatic nitrogens is 3. The number of hydrogen-bond acceptors (Lipinski definition) is 7. The molecule has 7 aromatic rings. The van der Waals surface area contributed by atoms with Crippen LogP contribution in [0.5, 0.6) is 5.75 Å². The molecule has 0 spiro atoms. The van der Waals surface area contributed by atoms with E-state index in [-0.39, 0.29) is 0 Å². The quantitative estimate of drug-likeness (QED) is 0.240. The van der Waals surface area contributed by atoms with Gasteiger partial charge in [0.05, 0.1) is 47.2 Å². The van der Waals surface area contributed by atoms with Crippen molar-refractivity contribution in [1.82, 2.24) is 15.0 Å². The average Bonchev–Trinajstić information content (AvgIpc) is 3.66. The van der Waals surface area contributed by atoms with Gasteiger partial charge < -0.3 is 4.74 Å². The number of hydrogen-bond donors (Lipinski definition) is 0. The molecule has 0 unspecified atom stereocenters. The van der Waals surface area contributed by atoms with Crippen LogP contribution in [-0.4, -0.2) is 15.0 Å². The topological polar surface area (TPSA) is 47.9 Å². The molecule has 0 atom stereocenters. The first-order chi connectivity index (χ1) is 17.3. The highest BCUT2D eigenvalue weighted by atomic mass is 32.1. The molecule has 1 radical (unpaired) electrons. The van der Waals surface area contributed by atoms with E-state index in [0.717, 1.165) is 65.1 Å². The lowest BCUT2D eigenvalue weighted by molar-refractivity contribution is 0.476. The Kier molecular flexibility index (Phi) is 4.87. The second-order valence-corrected chi connectivity index (χ2v) is 10.8. The van der Waals surface area contributed by atoms with E-state index in [4.69, 9.17) is 4.74 Å². The van der Waals surface area contributed by atoms with Gasteiger partial charge in [0.25, 0.3) is 0 Å². The van der Waals surface area contributed by atoms with Crippen LogP contribution in [-0.2, 0) is 0 Å². The molecule has 3 heterocycles. The van der Waals surface area contributed by atoms with Crippen molar-refractivity contribution >= 4 is 64.7 Å². The summed E-state index contributed by atoms with van der Waals surface area (Å²) < 4.78 is 9.32. The highest BCUT2D eigenvalue weighted by Gasteiger charge is 2.18. The van der Waals surface area contributed by atoms with Crippen LogP contribution >= 0.6 is 34.0 Å². The van der Waals surface area contributed by atoms with E-state index in [1.165, 1.54) is 4.70 Å². The van der Waals surface area contributed by atoms with Gasteiger partial charge in [-0.3, -0.25) is 0 Å². The molecule has 0 N–H and O–H groups in total. The van der Waals surface area contributed by atoms with Gasteiger partial charge in [-0.1, -0.05) is 18.2 Å². The van der Waals surface area contributed by atoms with Crippen LogP contribution in [0.25, 0.3) is 64.0 Å². The molecule has 4 nitrogen and oxygen atoms in total. The Morgan fingerprint density at radius 1 is 0.514 bits per heavy atom. The van der Waals surface area contributed by atoms with Crippen LogP contribution in [0.3, 0.4) is 0 Å². The zero-order valence-electron chi connectivity index (χ0n) is 18.3. The van der Waals surface area contributed by atoms with Crippen molar-refractivity contribution in [1.29, 1.82) is 0 Å². The number of benzene rings is 4. The summed E-state index contributed by atoms with van der Waals surface area (Å²) in [5.74, 6) is 0.729. The van der Waals surface area contributed by atoms with Crippen LogP contribution in [0.1, 0.15) is 0 Å². The fourth-order valence-corrected chi connectivity index (χ4v) is 6.44. The van der Waals surface area contributed by atoms with Gasteiger partial charge in [-0.15, -0.1) is 34.0 Å². The number of rotatable bonds is 4. The molecule has 3 aromatic heterocycles. The number of nitrogens with zero attached hydrogens (tertiary/aromatic N) is 3. The van der Waals surface area contributed by atoms with Gasteiger partial charge in [0.1, 0.15) is 12.9 Å². The largest absolute Gasteiger partial charge is 0.489 e. The highest BCUT2D eigenvalue weighted by Crippen LogP contribution is 2.44. The maximum absolute atomic E-state index is 5.82. The summed E-state index contributed by atoms with van der Waals surface area (Å²) in [4.78, 5) is 13.6. The van der Waals surface area contributed by atoms with Crippen LogP contribution in [0.2, 0.25) is 0 Å². The summed E-state index contributed by atoms with van der Waals surface area (Å²) in [5.41, 5.74) is 14.8. The minimum atomic E-state index is 0.729. The van der Waals surface area contributed by atoms with Crippen LogP contribution < -0.4 is 4.74 Å². The zero-order valence-corrected chi connectivity index (χ0v) is 20.7. The van der Waals surface area contributed by atoms with E-state index in [9.17, 15) is 0 Å². The first kappa shape index (κ1) is 20.7. The Labute approximate surface area is 213 Å². The standard InChI is InChI=1S/C28H16N3OS3/c1-32-28-20(17-3-6-26-23(11-17)30-14-34-26)8-19(16-2-5-25-22(10-16)29-13-33-25)9-21(28)18-4-7-27-24(12-18)31-15-35-27/h2-15H,1H2. The molecule has 7 heteroatoms. The summed E-state index contributed by atoms with van der Waals surface area (Å²) in [6.45, 7) is 0. The SMILES string of the molecule is [CH2]Oc1c(-c2ccc3scnc3c2)cc(-c2ccc3scnc3c2)cc1-c1ccc2scnc2c1. The highest BCUT2D eigenvalue weighted by molar-refractivity contribution is 7.17. The van der Waals surface area contributed by atoms with Crippen LogP contribution in [0.4, 0.5) is 0 Å². The van der Waals surface area contributed by atoms with Crippen LogP contribution in [0, 0.1) is 7.11 Å². The Bertz CT molecular complexity index is 1770. The van der Waals surface area contributed by atoms with E-state index in [0.29, 0.717) is 0 Å². The minimum Gasteiger partial charge on any atom is -0.489 e. The third-order valence-corrected chi connectivity index (χ3v) is 8.61. The minimum absolute atomic E-state index is 0.729. The van der Waals surface area contributed by atoms with Gasteiger partial charge in [0, 0.05) is 11.1 Å². The molecule has 0 amide bonds. The molecule has 0 saturated carbocycles. The Morgan fingerprint density at radius 3 is 1.40 bits per heavy atom. The molecule has 0 fully saturated rings. The summed E-state index contributed by atoms with van der Waals surface area (Å²) >= 11 is 4.93. The van der Waals surface area contributed by atoms with Gasteiger partial charge in [-0.05, 0) is 70.8 Å². The first-order valence-corrected chi connectivity index (χ1v) is 13.5. The smallest absolute Gasteiger partial charge is 0.135 e. The first-order valence-electron chi connectivity index (χ1n) is 10.9. The number of ether oxygens (including phenoxy) is 1. The molecule has 4 aromatic carbocycles. The third kappa shape index (κ3) is 3.51. The monoisotopic (exact) mass is 506 g/mol. The average molecular weight is 507 g/mol. The van der Waals surface area contributed by atoms with E-state index in [1.54, 1.807) is 34.0 Å². The van der Waals surface area contributed by atoms with Gasteiger partial charge in [-0.25, -0.2) is 15.0 Å². The van der Waals surface area contributed by atoms with Crippen molar-refractivity contribution in [2.45, 2.75) is 0 Å². The van der Waals surface area contributed by atoms with Gasteiger partial charge in [0.15, 0.2) is 0 Å². The van der Waals surface area contributed by atoms with Gasteiger partial charge >= 0.3 is 0 Å². The molecular weight excluding hydrogens is 491 g/mol. The van der Waals surface area contributed by atoms with E-state index in [2.05, 4.69) is 88.8 Å². The Balaban J connectivity index is 1.51. The lowest BCUT2D eigenvalue weighted by atomic mass is 9.91. The summed E-state index contributed by atoms with van der Waals surface area (Å²) in [6, 6.07) is 23.5. The molecule has 35 heavy (non-hydrogen) atoms. The predicted molar refractivity (Wildman–Crippen MR) is 148 cm³/mol. The Morgan fingerprint density at radius 2 is 0.943 bits per heavy atom. The lowest BCUT2D eigenvalue weighted by Crippen LogP contribution is -1.93. The van der Waals surface area contributed by atoms with Gasteiger partial charge in [-0.2, -0.15) is 0 Å². The number of fused-ring (bicyclic) bond motifs is 3. The van der Waals surface area contributed by atoms with Crippen molar-refractivity contribution in [3.05, 3.63) is 90.4 Å². The molecule has 0 bridgehead atoms. The van der Waals surface area contributed by atoms with Crippen molar-refractivity contribution in [2.24, 2.45) is 0 Å². The van der Waals surface area contributed by atoms with E-state index < -0.39 is 0 Å². The molecular formula is C28H16N3OS3.